The van der Waals surface area contributed by atoms with Gasteiger partial charge in [-0.15, -0.1) is 18.8 Å². The Morgan fingerprint density at radius 1 is 1.10 bits per heavy atom. The van der Waals surface area contributed by atoms with Crippen LogP contribution in [0, 0.1) is 43.3 Å². The highest BCUT2D eigenvalue weighted by Crippen LogP contribution is 2.39. The van der Waals surface area contributed by atoms with Crippen LogP contribution in [-0.2, 0) is 6.42 Å². The topological polar surface area (TPSA) is 39.1 Å². The van der Waals surface area contributed by atoms with Gasteiger partial charge in [-0.05, 0) is 90.5 Å². The number of aryl methyl sites for hydroxylation is 1. The average molecular weight is 547 g/mol. The van der Waals surface area contributed by atoms with E-state index in [4.69, 9.17) is 12.8 Å². The highest BCUT2D eigenvalue weighted by atomic mass is 19.1. The Morgan fingerprint density at radius 2 is 1.80 bits per heavy atom. The van der Waals surface area contributed by atoms with E-state index in [-0.39, 0.29) is 23.3 Å². The molecule has 0 amide bonds. The summed E-state index contributed by atoms with van der Waals surface area (Å²) in [7, 11) is 0. The first-order chi connectivity index (χ1) is 19.7. The zero-order valence-corrected chi connectivity index (χ0v) is 24.3. The van der Waals surface area contributed by atoms with Crippen molar-refractivity contribution >= 4 is 22.5 Å². The molecule has 41 heavy (non-hydrogen) atoms. The van der Waals surface area contributed by atoms with Gasteiger partial charge in [0.05, 0.1) is 5.56 Å². The van der Waals surface area contributed by atoms with E-state index < -0.39 is 11.2 Å². The third-order valence-corrected chi connectivity index (χ3v) is 7.60. The molecule has 1 radical (unpaired) electrons. The minimum Gasteiger partial charge on any atom is -0.343 e. The number of rotatable bonds is 11. The molecule has 0 saturated carbocycles. The number of carbonyl (C=O) groups excluding carboxylic acids is 1. The molecule has 0 aliphatic rings. The standard InChI is InChI=1S/C37H37FNO2/c1-8-16-27(10-3)33(12-5)39-24-32(35(40)13-6)36(41)23-34(39)25(7)37(29-19-15-20-30(38)22-29)31(11-4)28-18-14-17-26(9-2)21-28/h1,6,11,14-15,17-24,27,33H,3,9-10,12,16H2,2,4-5,7H3/b31-11+,37-25+/t27?,33-/m0/s1. The van der Waals surface area contributed by atoms with Crippen molar-refractivity contribution in [3.05, 3.63) is 118 Å². The highest BCUT2D eigenvalue weighted by molar-refractivity contribution is 6.14. The zero-order chi connectivity index (χ0) is 30.1. The first-order valence-electron chi connectivity index (χ1n) is 14.0. The molecular weight excluding hydrogens is 509 g/mol. The van der Waals surface area contributed by atoms with E-state index in [1.807, 2.05) is 49.6 Å². The summed E-state index contributed by atoms with van der Waals surface area (Å²) in [5.74, 6) is 3.78. The quantitative estimate of drug-likeness (QED) is 0.105. The molecule has 3 aromatic rings. The lowest BCUT2D eigenvalue weighted by atomic mass is 9.86. The van der Waals surface area contributed by atoms with Gasteiger partial charge in [-0.3, -0.25) is 9.59 Å². The number of terminal acetylenes is 2. The van der Waals surface area contributed by atoms with Gasteiger partial charge < -0.3 is 4.57 Å². The minimum absolute atomic E-state index is 0.00659. The van der Waals surface area contributed by atoms with Gasteiger partial charge in [0, 0.05) is 30.4 Å². The number of pyridine rings is 1. The Labute approximate surface area is 243 Å². The van der Waals surface area contributed by atoms with Crippen LogP contribution in [0.1, 0.15) is 85.7 Å². The SMILES string of the molecule is C#CCC(C[CH2])[C@H](CC)n1cc(C(=O)C#C)c(=O)cc1/C(C)=C(/C(=C/C)c1cccc(CC)c1)c1cccc(F)c1. The fourth-order valence-corrected chi connectivity index (χ4v) is 5.47. The van der Waals surface area contributed by atoms with Gasteiger partial charge in [-0.25, -0.2) is 4.39 Å². The first-order valence-corrected chi connectivity index (χ1v) is 14.0. The van der Waals surface area contributed by atoms with E-state index in [9.17, 15) is 14.0 Å². The number of Topliss-reactive ketones (excluding diaryl/α,β-unsaturated/α-hetero) is 1. The van der Waals surface area contributed by atoms with Crippen molar-refractivity contribution in [3.63, 3.8) is 0 Å². The Bertz CT molecular complexity index is 1620. The molecule has 1 aromatic heterocycles. The zero-order valence-electron chi connectivity index (χ0n) is 24.3. The molecule has 209 valence electrons. The number of ketones is 1. The summed E-state index contributed by atoms with van der Waals surface area (Å²) in [6.07, 6.45) is 17.3. The second-order valence-electron chi connectivity index (χ2n) is 10.0. The van der Waals surface area contributed by atoms with Crippen molar-refractivity contribution in [1.29, 1.82) is 0 Å². The molecule has 4 heteroatoms. The minimum atomic E-state index is -0.675. The van der Waals surface area contributed by atoms with Crippen molar-refractivity contribution < 1.29 is 9.18 Å². The van der Waals surface area contributed by atoms with Crippen LogP contribution < -0.4 is 5.43 Å². The van der Waals surface area contributed by atoms with Gasteiger partial charge in [0.25, 0.3) is 0 Å². The maximum atomic E-state index is 14.6. The van der Waals surface area contributed by atoms with Crippen LogP contribution in [0.3, 0.4) is 0 Å². The van der Waals surface area contributed by atoms with Crippen LogP contribution in [0.15, 0.2) is 71.7 Å². The average Bonchev–Trinajstić information content (AvgIpc) is 2.99. The number of aromatic nitrogens is 1. The van der Waals surface area contributed by atoms with Crippen LogP contribution in [0.5, 0.6) is 0 Å². The fourth-order valence-electron chi connectivity index (χ4n) is 5.47. The van der Waals surface area contributed by atoms with Gasteiger partial charge in [-0.1, -0.05) is 63.2 Å². The van der Waals surface area contributed by atoms with Gasteiger partial charge in [0.15, 0.2) is 5.43 Å². The third kappa shape index (κ3) is 6.85. The van der Waals surface area contributed by atoms with Crippen molar-refractivity contribution in [2.75, 3.05) is 0 Å². The Morgan fingerprint density at radius 3 is 2.39 bits per heavy atom. The molecule has 0 N–H and O–H groups in total. The normalized spacial score (nSPS) is 13.5. The summed E-state index contributed by atoms with van der Waals surface area (Å²) in [6, 6.07) is 16.0. The van der Waals surface area contributed by atoms with E-state index in [0.29, 0.717) is 30.5 Å². The number of nitrogens with zero attached hydrogens (tertiary/aromatic N) is 1. The Kier molecular flexibility index (Phi) is 10.8. The van der Waals surface area contributed by atoms with Crippen LogP contribution in [0.4, 0.5) is 4.39 Å². The van der Waals surface area contributed by atoms with E-state index in [1.165, 1.54) is 23.8 Å². The molecule has 1 unspecified atom stereocenters. The maximum absolute atomic E-state index is 14.6. The number of benzene rings is 2. The summed E-state index contributed by atoms with van der Waals surface area (Å²) < 4.78 is 16.6. The highest BCUT2D eigenvalue weighted by Gasteiger charge is 2.25. The monoisotopic (exact) mass is 546 g/mol. The third-order valence-electron chi connectivity index (χ3n) is 7.60. The van der Waals surface area contributed by atoms with Crippen molar-refractivity contribution in [3.8, 4) is 24.7 Å². The molecule has 0 aliphatic carbocycles. The fraction of sp³-hybridized carbons (Fsp3) is 0.270. The Hall–Kier alpha value is -4.41. The van der Waals surface area contributed by atoms with Crippen molar-refractivity contribution in [1.82, 2.24) is 4.57 Å². The largest absolute Gasteiger partial charge is 0.343 e. The van der Waals surface area contributed by atoms with Crippen molar-refractivity contribution in [2.24, 2.45) is 5.92 Å². The van der Waals surface area contributed by atoms with E-state index in [1.54, 1.807) is 12.3 Å². The second kappa shape index (κ2) is 14.3. The molecule has 3 nitrogen and oxygen atoms in total. The molecule has 2 atom stereocenters. The second-order valence-corrected chi connectivity index (χ2v) is 10.0. The molecule has 0 bridgehead atoms. The summed E-state index contributed by atoms with van der Waals surface area (Å²) in [5.41, 5.74) is 5.33. The van der Waals surface area contributed by atoms with Gasteiger partial charge in [0.2, 0.25) is 5.78 Å². The molecule has 3 rings (SSSR count). The van der Waals surface area contributed by atoms with E-state index >= 15 is 0 Å². The lowest BCUT2D eigenvalue weighted by molar-refractivity contribution is 0.105. The Balaban J connectivity index is 2.49. The molecule has 0 fully saturated rings. The molecular formula is C37H37FNO2. The lowest BCUT2D eigenvalue weighted by Gasteiger charge is -2.31. The first kappa shape index (κ1) is 31.1. The summed E-state index contributed by atoms with van der Waals surface area (Å²) in [6.45, 7) is 12.1. The number of hydrogen-bond donors (Lipinski definition) is 0. The smallest absolute Gasteiger partial charge is 0.241 e. The molecule has 0 saturated heterocycles. The van der Waals surface area contributed by atoms with Crippen molar-refractivity contribution in [2.45, 2.75) is 59.4 Å². The summed E-state index contributed by atoms with van der Waals surface area (Å²) in [5, 5.41) is 0. The maximum Gasteiger partial charge on any atom is 0.241 e. The van der Waals surface area contributed by atoms with Gasteiger partial charge in [0.1, 0.15) is 5.82 Å². The van der Waals surface area contributed by atoms with E-state index in [0.717, 1.165) is 28.7 Å². The summed E-state index contributed by atoms with van der Waals surface area (Å²) >= 11 is 0. The number of halogens is 1. The molecule has 2 aromatic carbocycles. The van der Waals surface area contributed by atoms with Crippen LogP contribution in [0.25, 0.3) is 16.7 Å². The van der Waals surface area contributed by atoms with Crippen LogP contribution in [0.2, 0.25) is 0 Å². The number of carbonyl (C=O) groups is 1. The lowest BCUT2D eigenvalue weighted by Crippen LogP contribution is -2.26. The van der Waals surface area contributed by atoms with E-state index in [2.05, 4.69) is 37.8 Å². The number of allylic oxidation sites excluding steroid dienone is 4. The molecule has 0 spiro atoms. The molecule has 0 aliphatic heterocycles. The van der Waals surface area contributed by atoms with Gasteiger partial charge in [-0.2, -0.15) is 0 Å². The predicted octanol–water partition coefficient (Wildman–Crippen LogP) is 8.21. The predicted molar refractivity (Wildman–Crippen MR) is 168 cm³/mol. The number of hydrogen-bond acceptors (Lipinski definition) is 2. The van der Waals surface area contributed by atoms with Crippen LogP contribution >= 0.6 is 0 Å². The molecule has 1 heterocycles. The summed E-state index contributed by atoms with van der Waals surface area (Å²) in [4.78, 5) is 25.9. The van der Waals surface area contributed by atoms with Crippen LogP contribution in [-0.4, -0.2) is 10.4 Å². The van der Waals surface area contributed by atoms with Gasteiger partial charge >= 0.3 is 0 Å².